The number of nitrogens with zero attached hydrogens (tertiary/aromatic N) is 1. The molecule has 1 fully saturated rings. The fraction of sp³-hybridized carbons (Fsp3) is 0.571. The van der Waals surface area contributed by atoms with Gasteiger partial charge in [0, 0.05) is 44.9 Å². The molecule has 1 aliphatic carbocycles. The van der Waals surface area contributed by atoms with E-state index in [2.05, 4.69) is 10.6 Å². The highest BCUT2D eigenvalue weighted by Gasteiger charge is 2.20. The van der Waals surface area contributed by atoms with E-state index in [1.54, 1.807) is 19.4 Å². The molecular weight excluding hydrogens is 258 g/mol. The predicted molar refractivity (Wildman–Crippen MR) is 76.8 cm³/mol. The lowest BCUT2D eigenvalue weighted by atomic mass is 10.3. The second-order valence-electron chi connectivity index (χ2n) is 4.97. The molecule has 6 heteroatoms. The summed E-state index contributed by atoms with van der Waals surface area (Å²) in [5.41, 5.74) is 0.535. The van der Waals surface area contributed by atoms with Crippen LogP contribution in [0.4, 0.5) is 5.69 Å². The van der Waals surface area contributed by atoms with Gasteiger partial charge in [0.1, 0.15) is 0 Å². The topological polar surface area (TPSA) is 72.4 Å². The van der Waals surface area contributed by atoms with Gasteiger partial charge >= 0.3 is 0 Å². The number of carbonyl (C=O) groups excluding carboxylic acids is 1. The van der Waals surface area contributed by atoms with E-state index in [0.717, 1.165) is 0 Å². The first kappa shape index (κ1) is 14.7. The highest BCUT2D eigenvalue weighted by molar-refractivity contribution is 5.90. The highest BCUT2D eigenvalue weighted by Crippen LogP contribution is 2.18. The lowest BCUT2D eigenvalue weighted by Gasteiger charge is -2.09. The molecule has 0 unspecified atom stereocenters. The van der Waals surface area contributed by atoms with Gasteiger partial charge in [-0.15, -0.1) is 0 Å². The third kappa shape index (κ3) is 4.79. The van der Waals surface area contributed by atoms with Crippen molar-refractivity contribution < 1.29 is 9.53 Å². The molecule has 1 aromatic heterocycles. The molecule has 20 heavy (non-hydrogen) atoms. The van der Waals surface area contributed by atoms with Crippen molar-refractivity contribution in [1.29, 1.82) is 0 Å². The van der Waals surface area contributed by atoms with Crippen molar-refractivity contribution in [2.24, 2.45) is 0 Å². The van der Waals surface area contributed by atoms with Gasteiger partial charge in [-0.3, -0.25) is 9.59 Å². The molecule has 0 atom stereocenters. The van der Waals surface area contributed by atoms with Gasteiger partial charge in [0.05, 0.1) is 12.3 Å². The molecule has 1 saturated carbocycles. The normalized spacial score (nSPS) is 14.2. The zero-order valence-electron chi connectivity index (χ0n) is 11.7. The number of pyridine rings is 1. The lowest BCUT2D eigenvalue weighted by Crippen LogP contribution is -2.25. The average molecular weight is 279 g/mol. The molecule has 0 bridgehead atoms. The van der Waals surface area contributed by atoms with Gasteiger partial charge in [-0.2, -0.15) is 0 Å². The number of hydrogen-bond donors (Lipinski definition) is 2. The summed E-state index contributed by atoms with van der Waals surface area (Å²) in [5, 5.41) is 6.09. The summed E-state index contributed by atoms with van der Waals surface area (Å²) in [5.74, 6) is -0.0462. The standard InChI is InChI=1S/C14H21N3O3/c1-20-9-8-17-10-12(4-5-14(17)19)16-13(18)6-7-15-11-2-3-11/h4-5,10-11,15H,2-3,6-9H2,1H3,(H,16,18). The number of amides is 1. The van der Waals surface area contributed by atoms with Crippen LogP contribution in [0.15, 0.2) is 23.1 Å². The van der Waals surface area contributed by atoms with Gasteiger partial charge in [0.15, 0.2) is 0 Å². The maximum atomic E-state index is 11.8. The van der Waals surface area contributed by atoms with Crippen LogP contribution in [0.1, 0.15) is 19.3 Å². The molecule has 1 aliphatic rings. The van der Waals surface area contributed by atoms with Gasteiger partial charge in [-0.25, -0.2) is 0 Å². The van der Waals surface area contributed by atoms with E-state index in [9.17, 15) is 9.59 Å². The average Bonchev–Trinajstić information content (AvgIpc) is 3.23. The predicted octanol–water partition coefficient (Wildman–Crippen LogP) is 0.575. The van der Waals surface area contributed by atoms with Crippen molar-refractivity contribution in [3.05, 3.63) is 28.7 Å². The van der Waals surface area contributed by atoms with Crippen LogP contribution >= 0.6 is 0 Å². The molecule has 1 amide bonds. The van der Waals surface area contributed by atoms with Crippen LogP contribution in [0.5, 0.6) is 0 Å². The molecule has 110 valence electrons. The molecule has 2 N–H and O–H groups in total. The number of anilines is 1. The molecule has 0 aliphatic heterocycles. The van der Waals surface area contributed by atoms with Gasteiger partial charge < -0.3 is 19.9 Å². The number of aromatic nitrogens is 1. The van der Waals surface area contributed by atoms with Gasteiger partial charge in [0.2, 0.25) is 5.91 Å². The molecule has 1 heterocycles. The van der Waals surface area contributed by atoms with E-state index in [-0.39, 0.29) is 11.5 Å². The lowest BCUT2D eigenvalue weighted by molar-refractivity contribution is -0.116. The first-order valence-corrected chi connectivity index (χ1v) is 6.91. The Morgan fingerprint density at radius 1 is 1.45 bits per heavy atom. The van der Waals surface area contributed by atoms with Crippen LogP contribution < -0.4 is 16.2 Å². The van der Waals surface area contributed by atoms with Crippen molar-refractivity contribution >= 4 is 11.6 Å². The van der Waals surface area contributed by atoms with Crippen LogP contribution in [0.2, 0.25) is 0 Å². The van der Waals surface area contributed by atoms with Crippen LogP contribution in [0, 0.1) is 0 Å². The SMILES string of the molecule is COCCn1cc(NC(=O)CCNC2CC2)ccc1=O. The summed E-state index contributed by atoms with van der Waals surface area (Å²) in [4.78, 5) is 23.4. The number of nitrogens with one attached hydrogen (secondary N) is 2. The Morgan fingerprint density at radius 3 is 2.95 bits per heavy atom. The van der Waals surface area contributed by atoms with Crippen LogP contribution in [-0.2, 0) is 16.1 Å². The maximum Gasteiger partial charge on any atom is 0.250 e. The number of carbonyl (C=O) groups is 1. The number of methoxy groups -OCH3 is 1. The molecule has 6 nitrogen and oxygen atoms in total. The Morgan fingerprint density at radius 2 is 2.25 bits per heavy atom. The van der Waals surface area contributed by atoms with Gasteiger partial charge in [-0.05, 0) is 18.9 Å². The fourth-order valence-corrected chi connectivity index (χ4v) is 1.87. The molecule has 2 rings (SSSR count). The molecular formula is C14H21N3O3. The van der Waals surface area contributed by atoms with Gasteiger partial charge in [0.25, 0.3) is 5.56 Å². The molecule has 0 spiro atoms. The fourth-order valence-electron chi connectivity index (χ4n) is 1.87. The van der Waals surface area contributed by atoms with E-state index >= 15 is 0 Å². The summed E-state index contributed by atoms with van der Waals surface area (Å²) < 4.78 is 6.48. The zero-order chi connectivity index (χ0) is 14.4. The van der Waals surface area contributed by atoms with E-state index < -0.39 is 0 Å². The van der Waals surface area contributed by atoms with Gasteiger partial charge in [-0.1, -0.05) is 0 Å². The Balaban J connectivity index is 1.84. The Hall–Kier alpha value is -1.66. The number of ether oxygens (including phenoxy) is 1. The minimum atomic E-state index is -0.101. The Kier molecular flexibility index (Phi) is 5.31. The van der Waals surface area contributed by atoms with E-state index in [1.807, 2.05) is 0 Å². The van der Waals surface area contributed by atoms with Crippen molar-refractivity contribution in [2.45, 2.75) is 31.8 Å². The second kappa shape index (κ2) is 7.21. The molecule has 0 radical (unpaired) electrons. The van der Waals surface area contributed by atoms with E-state index in [1.165, 1.54) is 23.5 Å². The summed E-state index contributed by atoms with van der Waals surface area (Å²) in [6.07, 6.45) is 4.51. The molecule has 0 saturated heterocycles. The largest absolute Gasteiger partial charge is 0.383 e. The summed E-state index contributed by atoms with van der Waals surface area (Å²) >= 11 is 0. The zero-order valence-corrected chi connectivity index (χ0v) is 11.7. The third-order valence-corrected chi connectivity index (χ3v) is 3.17. The summed E-state index contributed by atoms with van der Waals surface area (Å²) in [7, 11) is 1.59. The monoisotopic (exact) mass is 279 g/mol. The molecule has 1 aromatic rings. The summed E-state index contributed by atoms with van der Waals surface area (Å²) in [6, 6.07) is 3.68. The van der Waals surface area contributed by atoms with E-state index in [0.29, 0.717) is 37.8 Å². The minimum Gasteiger partial charge on any atom is -0.383 e. The molecule has 0 aromatic carbocycles. The first-order valence-electron chi connectivity index (χ1n) is 6.91. The number of hydrogen-bond acceptors (Lipinski definition) is 4. The highest BCUT2D eigenvalue weighted by atomic mass is 16.5. The van der Waals surface area contributed by atoms with Crippen LogP contribution in [0.25, 0.3) is 0 Å². The minimum absolute atomic E-state index is 0.0462. The summed E-state index contributed by atoms with van der Waals surface area (Å²) in [6.45, 7) is 1.63. The van der Waals surface area contributed by atoms with Crippen molar-refractivity contribution in [1.82, 2.24) is 9.88 Å². The quantitative estimate of drug-likeness (QED) is 0.730. The van der Waals surface area contributed by atoms with Crippen molar-refractivity contribution in [2.75, 3.05) is 25.6 Å². The van der Waals surface area contributed by atoms with Crippen molar-refractivity contribution in [3.63, 3.8) is 0 Å². The second-order valence-corrected chi connectivity index (χ2v) is 4.97. The first-order chi connectivity index (χ1) is 9.69. The third-order valence-electron chi connectivity index (χ3n) is 3.17. The Bertz CT molecular complexity index is 509. The maximum absolute atomic E-state index is 11.8. The van der Waals surface area contributed by atoms with E-state index in [4.69, 9.17) is 4.74 Å². The van der Waals surface area contributed by atoms with Crippen LogP contribution in [-0.4, -0.2) is 36.8 Å². The van der Waals surface area contributed by atoms with Crippen LogP contribution in [0.3, 0.4) is 0 Å². The Labute approximate surface area is 118 Å². The smallest absolute Gasteiger partial charge is 0.250 e. The number of rotatable bonds is 8. The van der Waals surface area contributed by atoms with Crippen molar-refractivity contribution in [3.8, 4) is 0 Å².